The van der Waals surface area contributed by atoms with Crippen LogP contribution >= 0.6 is 12.4 Å². The van der Waals surface area contributed by atoms with E-state index in [-0.39, 0.29) is 24.1 Å². The summed E-state index contributed by atoms with van der Waals surface area (Å²) in [6.07, 6.45) is 4.06. The lowest BCUT2D eigenvalue weighted by Crippen LogP contribution is -2.45. The van der Waals surface area contributed by atoms with E-state index in [0.29, 0.717) is 18.8 Å². The van der Waals surface area contributed by atoms with Crippen LogP contribution in [0.4, 0.5) is 4.39 Å². The van der Waals surface area contributed by atoms with Gasteiger partial charge in [-0.25, -0.2) is 4.39 Å². The third-order valence-electron chi connectivity index (χ3n) is 6.51. The summed E-state index contributed by atoms with van der Waals surface area (Å²) in [6, 6.07) is 11.1. The average Bonchev–Trinajstić information content (AvgIpc) is 2.75. The minimum atomic E-state index is -0.755. The van der Waals surface area contributed by atoms with E-state index in [4.69, 9.17) is 9.47 Å². The summed E-state index contributed by atoms with van der Waals surface area (Å²) in [5.74, 6) is 1.63. The van der Waals surface area contributed by atoms with E-state index in [2.05, 4.69) is 25.2 Å². The van der Waals surface area contributed by atoms with Crippen molar-refractivity contribution in [3.8, 4) is 11.5 Å². The number of hydrogen-bond acceptors (Lipinski definition) is 4. The first kappa shape index (κ1) is 26.4. The van der Waals surface area contributed by atoms with Crippen LogP contribution in [-0.2, 0) is 12.8 Å². The molecule has 2 aromatic carbocycles. The zero-order chi connectivity index (χ0) is 22.4. The smallest absolute Gasteiger partial charge is 0.160 e. The number of halogens is 2. The maximum atomic E-state index is 13.7. The Labute approximate surface area is 197 Å². The Morgan fingerprint density at radius 3 is 2.53 bits per heavy atom. The van der Waals surface area contributed by atoms with Crippen LogP contribution in [0.15, 0.2) is 36.4 Å². The number of methoxy groups -OCH3 is 2. The molecule has 0 aromatic heterocycles. The standard InChI is InChI=1S/C26H36FNO3.ClH/c1-18(2)25-22-9-8-21(27)17-20(22)11-12-26(25,29)13-15-28-14-5-6-19-7-10-23(30-3)24(16-19)31-4;/h7-10,16-18,25,28-29H,5-6,11-15H2,1-4H3;1H/t25-,26-;/m0./s1. The van der Waals surface area contributed by atoms with Crippen molar-refractivity contribution in [1.29, 1.82) is 0 Å². The Kier molecular flexibility index (Phi) is 9.81. The number of rotatable bonds is 10. The van der Waals surface area contributed by atoms with Gasteiger partial charge in [-0.2, -0.15) is 0 Å². The van der Waals surface area contributed by atoms with Gasteiger partial charge >= 0.3 is 0 Å². The normalized spacial score (nSPS) is 19.9. The highest BCUT2D eigenvalue weighted by Gasteiger charge is 2.42. The SMILES string of the molecule is COc1ccc(CCCNCC[C@@]2(O)CCc3cc(F)ccc3[C@@H]2C(C)C)cc1OC.Cl. The molecule has 0 saturated heterocycles. The molecule has 2 aromatic rings. The molecular formula is C26H37ClFNO3. The molecule has 2 N–H and O–H groups in total. The largest absolute Gasteiger partial charge is 0.493 e. The van der Waals surface area contributed by atoms with Crippen molar-refractivity contribution in [2.75, 3.05) is 27.3 Å². The third kappa shape index (κ3) is 6.15. The summed E-state index contributed by atoms with van der Waals surface area (Å²) in [5.41, 5.74) is 2.62. The second-order valence-electron chi connectivity index (χ2n) is 8.96. The van der Waals surface area contributed by atoms with Crippen LogP contribution in [0.25, 0.3) is 0 Å². The van der Waals surface area contributed by atoms with E-state index in [1.165, 1.54) is 11.6 Å². The number of benzene rings is 2. The van der Waals surface area contributed by atoms with Gasteiger partial charge in [-0.3, -0.25) is 0 Å². The number of ether oxygens (including phenoxy) is 2. The zero-order valence-electron chi connectivity index (χ0n) is 19.6. The van der Waals surface area contributed by atoms with Crippen molar-refractivity contribution in [2.45, 2.75) is 57.5 Å². The monoisotopic (exact) mass is 465 g/mol. The van der Waals surface area contributed by atoms with Gasteiger partial charge in [0.05, 0.1) is 19.8 Å². The molecule has 1 aliphatic rings. The van der Waals surface area contributed by atoms with Crippen LogP contribution in [0.5, 0.6) is 11.5 Å². The van der Waals surface area contributed by atoms with E-state index in [0.717, 1.165) is 55.0 Å². The first-order valence-corrected chi connectivity index (χ1v) is 11.3. The van der Waals surface area contributed by atoms with E-state index in [1.54, 1.807) is 20.3 Å². The Bertz CT molecular complexity index is 876. The molecule has 178 valence electrons. The fraction of sp³-hybridized carbons (Fsp3) is 0.538. The summed E-state index contributed by atoms with van der Waals surface area (Å²) < 4.78 is 24.3. The molecular weight excluding hydrogens is 429 g/mol. The second kappa shape index (κ2) is 11.9. The van der Waals surface area contributed by atoms with E-state index >= 15 is 0 Å². The van der Waals surface area contributed by atoms with Crippen molar-refractivity contribution in [3.05, 3.63) is 58.9 Å². The highest BCUT2D eigenvalue weighted by atomic mass is 35.5. The van der Waals surface area contributed by atoms with Crippen LogP contribution in [0, 0.1) is 11.7 Å². The first-order valence-electron chi connectivity index (χ1n) is 11.3. The fourth-order valence-corrected chi connectivity index (χ4v) is 5.03. The number of aliphatic hydroxyl groups is 1. The fourth-order valence-electron chi connectivity index (χ4n) is 5.03. The predicted molar refractivity (Wildman–Crippen MR) is 130 cm³/mol. The van der Waals surface area contributed by atoms with E-state index < -0.39 is 5.60 Å². The van der Waals surface area contributed by atoms with Crippen molar-refractivity contribution in [3.63, 3.8) is 0 Å². The van der Waals surface area contributed by atoms with Crippen LogP contribution in [-0.4, -0.2) is 38.0 Å². The van der Waals surface area contributed by atoms with Crippen LogP contribution in [0.2, 0.25) is 0 Å². The summed E-state index contributed by atoms with van der Waals surface area (Å²) in [5, 5.41) is 15.0. The number of hydrogen-bond donors (Lipinski definition) is 2. The highest BCUT2D eigenvalue weighted by Crippen LogP contribution is 2.45. The lowest BCUT2D eigenvalue weighted by Gasteiger charge is -2.44. The quantitative estimate of drug-likeness (QED) is 0.468. The molecule has 32 heavy (non-hydrogen) atoms. The molecule has 0 unspecified atom stereocenters. The summed E-state index contributed by atoms with van der Waals surface area (Å²) in [7, 11) is 3.29. The first-order chi connectivity index (χ1) is 14.9. The average molecular weight is 466 g/mol. The molecule has 6 heteroatoms. The van der Waals surface area contributed by atoms with Crippen molar-refractivity contribution in [2.24, 2.45) is 5.92 Å². The highest BCUT2D eigenvalue weighted by molar-refractivity contribution is 5.85. The molecule has 0 heterocycles. The molecule has 0 spiro atoms. The number of nitrogens with one attached hydrogen (secondary N) is 1. The molecule has 0 amide bonds. The molecule has 2 atom stereocenters. The van der Waals surface area contributed by atoms with Gasteiger partial charge in [-0.15, -0.1) is 12.4 Å². The predicted octanol–water partition coefficient (Wildman–Crippen LogP) is 5.29. The summed E-state index contributed by atoms with van der Waals surface area (Å²) >= 11 is 0. The Morgan fingerprint density at radius 1 is 1.09 bits per heavy atom. The van der Waals surface area contributed by atoms with Crippen molar-refractivity contribution >= 4 is 12.4 Å². The third-order valence-corrected chi connectivity index (χ3v) is 6.51. The molecule has 0 aliphatic heterocycles. The lowest BCUT2D eigenvalue weighted by atomic mass is 9.66. The maximum Gasteiger partial charge on any atom is 0.160 e. The zero-order valence-corrected chi connectivity index (χ0v) is 20.4. The maximum absolute atomic E-state index is 13.7. The summed E-state index contributed by atoms with van der Waals surface area (Å²) in [6.45, 7) is 5.94. The molecule has 0 bridgehead atoms. The van der Waals surface area contributed by atoms with Crippen molar-refractivity contribution in [1.82, 2.24) is 5.32 Å². The minimum absolute atomic E-state index is 0. The molecule has 4 nitrogen and oxygen atoms in total. The minimum Gasteiger partial charge on any atom is -0.493 e. The van der Waals surface area contributed by atoms with Gasteiger partial charge in [0.2, 0.25) is 0 Å². The van der Waals surface area contributed by atoms with E-state index in [1.807, 2.05) is 18.2 Å². The van der Waals surface area contributed by atoms with Crippen LogP contribution in [0.1, 0.15) is 55.7 Å². The number of aryl methyl sites for hydroxylation is 2. The van der Waals surface area contributed by atoms with Gasteiger partial charge in [-0.05, 0) is 92.1 Å². The lowest BCUT2D eigenvalue weighted by molar-refractivity contribution is -0.0241. The van der Waals surface area contributed by atoms with Gasteiger partial charge in [-0.1, -0.05) is 26.0 Å². The Morgan fingerprint density at radius 2 is 1.84 bits per heavy atom. The molecule has 1 aliphatic carbocycles. The van der Waals surface area contributed by atoms with Gasteiger partial charge in [0.25, 0.3) is 0 Å². The molecule has 0 radical (unpaired) electrons. The molecule has 0 saturated carbocycles. The van der Waals surface area contributed by atoms with Gasteiger partial charge in [0.15, 0.2) is 11.5 Å². The molecule has 0 fully saturated rings. The van der Waals surface area contributed by atoms with Gasteiger partial charge in [0.1, 0.15) is 5.82 Å². The van der Waals surface area contributed by atoms with Gasteiger partial charge in [0, 0.05) is 5.92 Å². The van der Waals surface area contributed by atoms with Crippen LogP contribution < -0.4 is 14.8 Å². The second-order valence-corrected chi connectivity index (χ2v) is 8.96. The van der Waals surface area contributed by atoms with Gasteiger partial charge < -0.3 is 19.9 Å². The van der Waals surface area contributed by atoms with Crippen LogP contribution in [0.3, 0.4) is 0 Å². The topological polar surface area (TPSA) is 50.7 Å². The Hall–Kier alpha value is -1.82. The van der Waals surface area contributed by atoms with Crippen molar-refractivity contribution < 1.29 is 19.0 Å². The molecule has 3 rings (SSSR count). The summed E-state index contributed by atoms with van der Waals surface area (Å²) in [4.78, 5) is 0. The Balaban J connectivity index is 0.00000363. The van der Waals surface area contributed by atoms with E-state index in [9.17, 15) is 9.50 Å². The number of fused-ring (bicyclic) bond motifs is 1.